The minimum absolute atomic E-state index is 0.151. The van der Waals surface area contributed by atoms with Gasteiger partial charge in [0.1, 0.15) is 0 Å². The highest BCUT2D eigenvalue weighted by atomic mass is 32.2. The molecule has 0 aromatic heterocycles. The summed E-state index contributed by atoms with van der Waals surface area (Å²) in [7, 11) is -1.23. The summed E-state index contributed by atoms with van der Waals surface area (Å²) < 4.78 is 24.4. The van der Waals surface area contributed by atoms with Crippen LogP contribution in [0.2, 0.25) is 0 Å². The summed E-state index contributed by atoms with van der Waals surface area (Å²) in [6.07, 6.45) is 1.66. The molecule has 0 radical (unpaired) electrons. The van der Waals surface area contributed by atoms with Crippen molar-refractivity contribution >= 4 is 9.84 Å². The molecule has 0 aliphatic heterocycles. The lowest BCUT2D eigenvalue weighted by Gasteiger charge is -2.24. The lowest BCUT2D eigenvalue weighted by atomic mass is 10.0. The predicted octanol–water partition coefficient (Wildman–Crippen LogP) is 2.72. The van der Waals surface area contributed by atoms with Crippen LogP contribution in [0.25, 0.3) is 0 Å². The molecule has 1 aromatic rings. The average molecular weight is 283 g/mol. The Bertz CT molecular complexity index is 479. The molecule has 0 spiro atoms. The molecule has 1 aromatic carbocycles. The van der Waals surface area contributed by atoms with Gasteiger partial charge < -0.3 is 5.32 Å². The molecule has 4 heteroatoms. The summed E-state index contributed by atoms with van der Waals surface area (Å²) in [6, 6.07) is 8.04. The summed E-state index contributed by atoms with van der Waals surface area (Å²) in [6.45, 7) is 5.80. The molecule has 1 N–H and O–H groups in total. The first kappa shape index (κ1) is 16.2. The molecule has 2 atom stereocenters. The molecular weight excluding hydrogens is 258 g/mol. The number of hydrogen-bond acceptors (Lipinski definition) is 3. The Kier molecular flexibility index (Phi) is 6.01. The lowest BCUT2D eigenvalue weighted by molar-refractivity contribution is 0.530. The van der Waals surface area contributed by atoms with E-state index < -0.39 is 15.1 Å². The van der Waals surface area contributed by atoms with E-state index >= 15 is 0 Å². The van der Waals surface area contributed by atoms with Crippen molar-refractivity contribution in [2.45, 2.75) is 44.9 Å². The van der Waals surface area contributed by atoms with Gasteiger partial charge in [-0.05, 0) is 37.9 Å². The van der Waals surface area contributed by atoms with Crippen LogP contribution < -0.4 is 5.32 Å². The van der Waals surface area contributed by atoms with Crippen molar-refractivity contribution in [3.63, 3.8) is 0 Å². The molecule has 3 nitrogen and oxygen atoms in total. The first-order valence-corrected chi connectivity index (χ1v) is 8.65. The molecular formula is C15H25NO2S. The molecule has 1 rings (SSSR count). The lowest BCUT2D eigenvalue weighted by Crippen LogP contribution is -2.34. The second-order valence-corrected chi connectivity index (χ2v) is 7.41. The summed E-state index contributed by atoms with van der Waals surface area (Å²) in [5.41, 5.74) is 2.30. The van der Waals surface area contributed by atoms with Crippen LogP contribution in [-0.2, 0) is 16.3 Å². The van der Waals surface area contributed by atoms with Crippen molar-refractivity contribution in [3.8, 4) is 0 Å². The van der Waals surface area contributed by atoms with Gasteiger partial charge in [0, 0.05) is 6.04 Å². The van der Waals surface area contributed by atoms with Crippen LogP contribution in [0.3, 0.4) is 0 Å². The Hall–Kier alpha value is -0.870. The van der Waals surface area contributed by atoms with E-state index in [4.69, 9.17) is 0 Å². The van der Waals surface area contributed by atoms with Gasteiger partial charge in [-0.15, -0.1) is 0 Å². The van der Waals surface area contributed by atoms with Crippen LogP contribution in [0.15, 0.2) is 24.3 Å². The third-order valence-electron chi connectivity index (χ3n) is 3.58. The number of sulfone groups is 1. The molecule has 0 saturated carbocycles. The molecule has 0 bridgehead atoms. The van der Waals surface area contributed by atoms with Crippen molar-refractivity contribution in [1.82, 2.24) is 5.32 Å². The number of nitrogens with one attached hydrogen (secondary N) is 1. The average Bonchev–Trinajstić information content (AvgIpc) is 2.40. The summed E-state index contributed by atoms with van der Waals surface area (Å²) in [5, 5.41) is 2.73. The first-order chi connectivity index (χ1) is 8.96. The maximum atomic E-state index is 12.2. The van der Waals surface area contributed by atoms with Crippen LogP contribution in [0.4, 0.5) is 0 Å². The molecule has 0 aliphatic rings. The van der Waals surface area contributed by atoms with Crippen LogP contribution in [0, 0.1) is 0 Å². The third kappa shape index (κ3) is 4.05. The van der Waals surface area contributed by atoms with Crippen LogP contribution in [-0.4, -0.2) is 26.5 Å². The van der Waals surface area contributed by atoms with Gasteiger partial charge in [0.15, 0.2) is 9.84 Å². The smallest absolute Gasteiger partial charge is 0.154 e. The van der Waals surface area contributed by atoms with Crippen LogP contribution in [0.1, 0.15) is 44.4 Å². The highest BCUT2D eigenvalue weighted by Gasteiger charge is 2.28. The predicted molar refractivity (Wildman–Crippen MR) is 81.2 cm³/mol. The van der Waals surface area contributed by atoms with Crippen molar-refractivity contribution < 1.29 is 8.42 Å². The van der Waals surface area contributed by atoms with Crippen LogP contribution in [0.5, 0.6) is 0 Å². The zero-order valence-corrected chi connectivity index (χ0v) is 13.1. The largest absolute Gasteiger partial charge is 0.312 e. The fourth-order valence-electron chi connectivity index (χ4n) is 2.31. The molecule has 19 heavy (non-hydrogen) atoms. The fourth-order valence-corrected chi connectivity index (χ4v) is 3.96. The third-order valence-corrected chi connectivity index (χ3v) is 5.96. The zero-order valence-electron chi connectivity index (χ0n) is 12.3. The van der Waals surface area contributed by atoms with E-state index in [0.717, 1.165) is 12.0 Å². The minimum atomic E-state index is -3.05. The zero-order chi connectivity index (χ0) is 14.5. The molecule has 0 saturated heterocycles. The van der Waals surface area contributed by atoms with E-state index in [1.165, 1.54) is 5.56 Å². The highest BCUT2D eigenvalue weighted by molar-refractivity contribution is 7.92. The Labute approximate surface area is 117 Å². The van der Waals surface area contributed by atoms with Gasteiger partial charge in [0.05, 0.1) is 11.0 Å². The number of hydrogen-bond donors (Lipinski definition) is 1. The maximum absolute atomic E-state index is 12.2. The van der Waals surface area contributed by atoms with E-state index in [9.17, 15) is 8.42 Å². The molecule has 0 heterocycles. The Morgan fingerprint density at radius 3 is 2.16 bits per heavy atom. The van der Waals surface area contributed by atoms with Gasteiger partial charge in [0.2, 0.25) is 0 Å². The maximum Gasteiger partial charge on any atom is 0.154 e. The SMILES string of the molecule is CCCS(=O)(=O)C(C)C(NC)c1ccc(CC)cc1. The minimum Gasteiger partial charge on any atom is -0.312 e. The van der Waals surface area contributed by atoms with Crippen molar-refractivity contribution in [1.29, 1.82) is 0 Å². The van der Waals surface area contributed by atoms with E-state index in [0.29, 0.717) is 6.42 Å². The van der Waals surface area contributed by atoms with Gasteiger partial charge in [-0.2, -0.15) is 0 Å². The molecule has 2 unspecified atom stereocenters. The molecule has 0 fully saturated rings. The summed E-state index contributed by atoms with van der Waals surface area (Å²) in [5.74, 6) is 0.249. The van der Waals surface area contributed by atoms with Gasteiger partial charge in [-0.3, -0.25) is 0 Å². The van der Waals surface area contributed by atoms with Crippen molar-refractivity contribution in [3.05, 3.63) is 35.4 Å². The van der Waals surface area contributed by atoms with E-state index in [1.807, 2.05) is 26.1 Å². The normalized spacial score (nSPS) is 15.2. The quantitative estimate of drug-likeness (QED) is 0.837. The highest BCUT2D eigenvalue weighted by Crippen LogP contribution is 2.23. The molecule has 0 amide bonds. The summed E-state index contributed by atoms with van der Waals surface area (Å²) in [4.78, 5) is 0. The fraction of sp³-hybridized carbons (Fsp3) is 0.600. The number of benzene rings is 1. The molecule has 0 aliphatic carbocycles. The monoisotopic (exact) mass is 283 g/mol. The van der Waals surface area contributed by atoms with Gasteiger partial charge in [0.25, 0.3) is 0 Å². The van der Waals surface area contributed by atoms with E-state index in [2.05, 4.69) is 24.4 Å². The second kappa shape index (κ2) is 7.06. The van der Waals surface area contributed by atoms with Gasteiger partial charge in [-0.1, -0.05) is 38.1 Å². The molecule has 108 valence electrons. The Morgan fingerprint density at radius 2 is 1.74 bits per heavy atom. The van der Waals surface area contributed by atoms with Gasteiger partial charge in [-0.25, -0.2) is 8.42 Å². The Morgan fingerprint density at radius 1 is 1.16 bits per heavy atom. The van der Waals surface area contributed by atoms with Gasteiger partial charge >= 0.3 is 0 Å². The first-order valence-electron chi connectivity index (χ1n) is 6.93. The van der Waals surface area contributed by atoms with Crippen molar-refractivity contribution in [2.75, 3.05) is 12.8 Å². The standard InChI is InChI=1S/C15H25NO2S/c1-5-11-19(17,18)12(3)15(16-4)14-9-7-13(6-2)8-10-14/h7-10,12,15-16H,5-6,11H2,1-4H3. The van der Waals surface area contributed by atoms with Crippen LogP contribution >= 0.6 is 0 Å². The number of aryl methyl sites for hydroxylation is 1. The van der Waals surface area contributed by atoms with E-state index in [1.54, 1.807) is 6.92 Å². The van der Waals surface area contributed by atoms with E-state index in [-0.39, 0.29) is 11.8 Å². The topological polar surface area (TPSA) is 46.2 Å². The Balaban J connectivity index is 2.99. The number of rotatable bonds is 7. The summed E-state index contributed by atoms with van der Waals surface area (Å²) >= 11 is 0. The second-order valence-electron chi connectivity index (χ2n) is 4.93. The van der Waals surface area contributed by atoms with Crippen molar-refractivity contribution in [2.24, 2.45) is 0 Å².